The van der Waals surface area contributed by atoms with Gasteiger partial charge in [-0.25, -0.2) is 0 Å². The van der Waals surface area contributed by atoms with Gasteiger partial charge >= 0.3 is 6.18 Å². The molecule has 0 radical (unpaired) electrons. The third-order valence-electron chi connectivity index (χ3n) is 3.53. The van der Waals surface area contributed by atoms with Gasteiger partial charge < -0.3 is 15.4 Å². The fraction of sp³-hybridized carbons (Fsp3) is 0.533. The number of anilines is 1. The van der Waals surface area contributed by atoms with E-state index in [-0.39, 0.29) is 18.1 Å². The number of benzene rings is 1. The summed E-state index contributed by atoms with van der Waals surface area (Å²) in [5, 5.41) is 5.24. The number of rotatable bonds is 6. The van der Waals surface area contributed by atoms with E-state index in [0.717, 1.165) is 19.2 Å². The van der Waals surface area contributed by atoms with Crippen molar-refractivity contribution in [1.29, 1.82) is 0 Å². The van der Waals surface area contributed by atoms with E-state index in [1.54, 1.807) is 0 Å². The van der Waals surface area contributed by atoms with Crippen LogP contribution in [-0.4, -0.2) is 56.7 Å². The first-order valence-electron chi connectivity index (χ1n) is 7.44. The molecule has 128 valence electrons. The lowest BCUT2D eigenvalue weighted by molar-refractivity contribution is -0.137. The smallest absolute Gasteiger partial charge is 0.379 e. The first-order valence-corrected chi connectivity index (χ1v) is 7.44. The highest BCUT2D eigenvalue weighted by molar-refractivity contribution is 5.81. The Balaban J connectivity index is 1.74. The topological polar surface area (TPSA) is 53.6 Å². The van der Waals surface area contributed by atoms with E-state index < -0.39 is 11.7 Å². The van der Waals surface area contributed by atoms with Crippen LogP contribution in [0.3, 0.4) is 0 Å². The predicted octanol–water partition coefficient (Wildman–Crippen LogP) is 1.57. The molecule has 0 atom stereocenters. The second-order valence-electron chi connectivity index (χ2n) is 5.20. The average molecular weight is 331 g/mol. The summed E-state index contributed by atoms with van der Waals surface area (Å²) in [7, 11) is 0. The summed E-state index contributed by atoms with van der Waals surface area (Å²) in [6.45, 7) is 3.99. The van der Waals surface area contributed by atoms with Crippen molar-refractivity contribution >= 4 is 11.6 Å². The summed E-state index contributed by atoms with van der Waals surface area (Å²) in [4.78, 5) is 13.9. The van der Waals surface area contributed by atoms with Gasteiger partial charge in [0.05, 0.1) is 25.3 Å². The van der Waals surface area contributed by atoms with E-state index in [4.69, 9.17) is 4.74 Å². The molecule has 0 aromatic heterocycles. The minimum absolute atomic E-state index is 0.0941. The number of ether oxygens (including phenoxy) is 1. The molecule has 1 aromatic rings. The molecule has 1 aromatic carbocycles. The van der Waals surface area contributed by atoms with Crippen LogP contribution in [0, 0.1) is 0 Å². The highest BCUT2D eigenvalue weighted by Crippen LogP contribution is 2.34. The molecule has 2 rings (SSSR count). The number of amides is 1. The molecule has 0 saturated carbocycles. The molecule has 5 nitrogen and oxygen atoms in total. The zero-order chi connectivity index (χ0) is 16.7. The minimum Gasteiger partial charge on any atom is -0.379 e. The molecule has 8 heteroatoms. The molecule has 1 fully saturated rings. The molecule has 1 amide bonds. The maximum absolute atomic E-state index is 12.8. The number of carbonyl (C=O) groups excluding carboxylic acids is 1. The summed E-state index contributed by atoms with van der Waals surface area (Å²) in [5.41, 5.74) is -0.871. The van der Waals surface area contributed by atoms with Crippen LogP contribution in [0.25, 0.3) is 0 Å². The van der Waals surface area contributed by atoms with Gasteiger partial charge in [0, 0.05) is 31.9 Å². The number of para-hydroxylation sites is 1. The van der Waals surface area contributed by atoms with Crippen LogP contribution < -0.4 is 10.6 Å². The second kappa shape index (κ2) is 8.16. The number of hydrogen-bond donors (Lipinski definition) is 2. The Kier molecular flexibility index (Phi) is 6.23. The van der Waals surface area contributed by atoms with Crippen molar-refractivity contribution in [2.24, 2.45) is 0 Å². The van der Waals surface area contributed by atoms with Gasteiger partial charge in [-0.1, -0.05) is 12.1 Å². The Morgan fingerprint density at radius 2 is 1.91 bits per heavy atom. The second-order valence-corrected chi connectivity index (χ2v) is 5.20. The lowest BCUT2D eigenvalue weighted by Gasteiger charge is -2.26. The molecule has 0 aliphatic carbocycles. The van der Waals surface area contributed by atoms with Gasteiger partial charge in [0.1, 0.15) is 0 Å². The molecule has 1 heterocycles. The highest BCUT2D eigenvalue weighted by Gasteiger charge is 2.33. The van der Waals surface area contributed by atoms with Crippen molar-refractivity contribution in [3.63, 3.8) is 0 Å². The predicted molar refractivity (Wildman–Crippen MR) is 80.2 cm³/mol. The summed E-state index contributed by atoms with van der Waals surface area (Å²) >= 11 is 0. The van der Waals surface area contributed by atoms with Gasteiger partial charge in [-0.3, -0.25) is 9.69 Å². The van der Waals surface area contributed by atoms with Crippen LogP contribution in [0.4, 0.5) is 18.9 Å². The van der Waals surface area contributed by atoms with Crippen molar-refractivity contribution in [2.75, 3.05) is 51.3 Å². The molecular weight excluding hydrogens is 311 g/mol. The Morgan fingerprint density at radius 1 is 1.22 bits per heavy atom. The van der Waals surface area contributed by atoms with Crippen molar-refractivity contribution in [3.8, 4) is 0 Å². The van der Waals surface area contributed by atoms with Gasteiger partial charge in [-0.2, -0.15) is 13.2 Å². The van der Waals surface area contributed by atoms with E-state index in [1.807, 2.05) is 0 Å². The van der Waals surface area contributed by atoms with Crippen LogP contribution in [0.5, 0.6) is 0 Å². The summed E-state index contributed by atoms with van der Waals surface area (Å²) in [6.07, 6.45) is -4.45. The van der Waals surface area contributed by atoms with Crippen LogP contribution in [0.2, 0.25) is 0 Å². The Labute approximate surface area is 132 Å². The fourth-order valence-corrected chi connectivity index (χ4v) is 2.30. The Hall–Kier alpha value is -1.80. The van der Waals surface area contributed by atoms with Crippen LogP contribution in [0.1, 0.15) is 5.56 Å². The van der Waals surface area contributed by atoms with E-state index in [2.05, 4.69) is 15.5 Å². The molecule has 1 aliphatic rings. The number of carbonyl (C=O) groups is 1. The van der Waals surface area contributed by atoms with Gasteiger partial charge in [0.15, 0.2) is 0 Å². The van der Waals surface area contributed by atoms with Crippen molar-refractivity contribution in [2.45, 2.75) is 6.18 Å². The number of nitrogens with zero attached hydrogens (tertiary/aromatic N) is 1. The first-order chi connectivity index (χ1) is 11.0. The molecule has 0 unspecified atom stereocenters. The van der Waals surface area contributed by atoms with E-state index >= 15 is 0 Å². The third kappa shape index (κ3) is 5.72. The van der Waals surface area contributed by atoms with E-state index in [1.165, 1.54) is 18.2 Å². The van der Waals surface area contributed by atoms with E-state index in [9.17, 15) is 18.0 Å². The first kappa shape index (κ1) is 17.6. The van der Waals surface area contributed by atoms with Crippen molar-refractivity contribution in [3.05, 3.63) is 29.8 Å². The van der Waals surface area contributed by atoms with E-state index in [0.29, 0.717) is 26.3 Å². The molecule has 23 heavy (non-hydrogen) atoms. The molecule has 1 saturated heterocycles. The summed E-state index contributed by atoms with van der Waals surface area (Å²) in [5.74, 6) is -0.338. The average Bonchev–Trinajstić information content (AvgIpc) is 2.53. The van der Waals surface area contributed by atoms with Gasteiger partial charge in [-0.05, 0) is 12.1 Å². The van der Waals surface area contributed by atoms with Crippen molar-refractivity contribution in [1.82, 2.24) is 10.2 Å². The quantitative estimate of drug-likeness (QED) is 0.831. The monoisotopic (exact) mass is 331 g/mol. The van der Waals surface area contributed by atoms with Crippen molar-refractivity contribution < 1.29 is 22.7 Å². The standard InChI is InChI=1S/C15H20F3N3O2/c16-15(17,18)12-3-1-2-4-13(12)20-11-14(22)19-5-6-21-7-9-23-10-8-21/h1-4,20H,5-11H2,(H,19,22). The number of nitrogens with one attached hydrogen (secondary N) is 2. The maximum Gasteiger partial charge on any atom is 0.418 e. The summed E-state index contributed by atoms with van der Waals surface area (Å²) in [6, 6.07) is 5.10. The van der Waals surface area contributed by atoms with Gasteiger partial charge in [0.2, 0.25) is 5.91 Å². The zero-order valence-electron chi connectivity index (χ0n) is 12.7. The summed E-state index contributed by atoms with van der Waals surface area (Å²) < 4.78 is 43.7. The third-order valence-corrected chi connectivity index (χ3v) is 3.53. The number of alkyl halides is 3. The molecule has 0 bridgehead atoms. The molecule has 0 spiro atoms. The fourth-order valence-electron chi connectivity index (χ4n) is 2.30. The lowest BCUT2D eigenvalue weighted by atomic mass is 10.1. The number of morpholine rings is 1. The maximum atomic E-state index is 12.8. The van der Waals surface area contributed by atoms with Crippen LogP contribution in [0.15, 0.2) is 24.3 Å². The SMILES string of the molecule is O=C(CNc1ccccc1C(F)(F)F)NCCN1CCOCC1. The van der Waals surface area contributed by atoms with Gasteiger partial charge in [0.25, 0.3) is 0 Å². The lowest BCUT2D eigenvalue weighted by Crippen LogP contribution is -2.42. The number of hydrogen-bond acceptors (Lipinski definition) is 4. The largest absolute Gasteiger partial charge is 0.418 e. The normalized spacial score (nSPS) is 16.1. The Bertz CT molecular complexity index is 517. The number of halogens is 3. The minimum atomic E-state index is -4.45. The van der Waals surface area contributed by atoms with Crippen LogP contribution >= 0.6 is 0 Å². The molecule has 1 aliphatic heterocycles. The van der Waals surface area contributed by atoms with Gasteiger partial charge in [-0.15, -0.1) is 0 Å². The highest BCUT2D eigenvalue weighted by atomic mass is 19.4. The molecular formula is C15H20F3N3O2. The zero-order valence-corrected chi connectivity index (χ0v) is 12.7. The van der Waals surface area contributed by atoms with Crippen LogP contribution in [-0.2, 0) is 15.7 Å². The Morgan fingerprint density at radius 3 is 2.61 bits per heavy atom. The molecule has 2 N–H and O–H groups in total.